The van der Waals surface area contributed by atoms with Crippen LogP contribution in [0.25, 0.3) is 11.0 Å². The van der Waals surface area contributed by atoms with Crippen LogP contribution in [-0.4, -0.2) is 86.5 Å². The van der Waals surface area contributed by atoms with Crippen LogP contribution in [0.1, 0.15) is 5.56 Å². The van der Waals surface area contributed by atoms with E-state index in [-0.39, 0.29) is 0 Å². The number of rotatable bonds is 8. The van der Waals surface area contributed by atoms with Crippen molar-refractivity contribution >= 4 is 44.1 Å². The van der Waals surface area contributed by atoms with Gasteiger partial charge in [-0.25, -0.2) is 13.4 Å². The molecule has 6 rings (SSSR count). The fourth-order valence-corrected chi connectivity index (χ4v) is 5.84. The predicted molar refractivity (Wildman–Crippen MR) is 156 cm³/mol. The van der Waals surface area contributed by atoms with Crippen molar-refractivity contribution in [1.82, 2.24) is 24.8 Å². The second-order valence-electron chi connectivity index (χ2n) is 10.3. The van der Waals surface area contributed by atoms with E-state index in [9.17, 15) is 8.42 Å². The molecular weight excluding hydrogens is 512 g/mol. The fraction of sp³-hybridized carbons (Fsp3) is 0.357. The molecule has 0 spiro atoms. The fourth-order valence-electron chi connectivity index (χ4n) is 5.30. The van der Waals surface area contributed by atoms with Crippen molar-refractivity contribution in [2.45, 2.75) is 12.6 Å². The summed E-state index contributed by atoms with van der Waals surface area (Å²) in [5.41, 5.74) is 4.47. The van der Waals surface area contributed by atoms with Gasteiger partial charge in [0.15, 0.2) is 0 Å². The second kappa shape index (κ2) is 10.5. The van der Waals surface area contributed by atoms with Gasteiger partial charge in [0.2, 0.25) is 16.0 Å². The molecule has 2 N–H and O–H groups in total. The highest BCUT2D eigenvalue weighted by Gasteiger charge is 2.32. The van der Waals surface area contributed by atoms with Gasteiger partial charge in [-0.15, -0.1) is 0 Å². The van der Waals surface area contributed by atoms with Crippen molar-refractivity contribution in [3.8, 4) is 0 Å². The summed E-state index contributed by atoms with van der Waals surface area (Å²) in [6, 6.07) is 18.6. The summed E-state index contributed by atoms with van der Waals surface area (Å²) in [4.78, 5) is 14.3. The van der Waals surface area contributed by atoms with E-state index in [1.807, 2.05) is 41.1 Å². The highest BCUT2D eigenvalue weighted by Crippen LogP contribution is 2.27. The molecular formula is C28H34N8O2S. The maximum Gasteiger partial charge on any atom is 0.232 e. The molecule has 2 saturated heterocycles. The molecule has 0 radical (unpaired) electrons. The minimum absolute atomic E-state index is 0.482. The average Bonchev–Trinajstić information content (AvgIpc) is 3.31. The van der Waals surface area contributed by atoms with Gasteiger partial charge < -0.3 is 20.1 Å². The maximum atomic E-state index is 12.2. The minimum Gasteiger partial charge on any atom is -0.368 e. The third kappa shape index (κ3) is 5.42. The van der Waals surface area contributed by atoms with E-state index in [0.717, 1.165) is 61.6 Å². The first kappa shape index (κ1) is 25.6. The van der Waals surface area contributed by atoms with E-state index in [0.29, 0.717) is 24.2 Å². The van der Waals surface area contributed by atoms with Crippen LogP contribution in [0, 0.1) is 0 Å². The van der Waals surface area contributed by atoms with Gasteiger partial charge in [-0.1, -0.05) is 18.2 Å². The van der Waals surface area contributed by atoms with E-state index in [4.69, 9.17) is 4.98 Å². The summed E-state index contributed by atoms with van der Waals surface area (Å²) >= 11 is 0. The lowest BCUT2D eigenvalue weighted by atomic mass is 10.0. The van der Waals surface area contributed by atoms with E-state index in [1.165, 1.54) is 16.2 Å². The number of nitrogens with one attached hydrogen (secondary N) is 2. The lowest BCUT2D eigenvalue weighted by Crippen LogP contribution is -2.62. The first-order valence-electron chi connectivity index (χ1n) is 13.3. The molecule has 2 aliphatic heterocycles. The number of sulfonamides is 1. The van der Waals surface area contributed by atoms with Crippen molar-refractivity contribution in [2.75, 3.05) is 67.1 Å². The van der Waals surface area contributed by atoms with Crippen LogP contribution in [0.5, 0.6) is 0 Å². The Balaban J connectivity index is 1.14. The zero-order valence-electron chi connectivity index (χ0n) is 22.3. The molecule has 0 aliphatic carbocycles. The number of piperazine rings is 1. The number of aromatic nitrogens is 3. The molecule has 0 bridgehead atoms. The molecule has 4 aromatic rings. The third-order valence-electron chi connectivity index (χ3n) is 7.69. The van der Waals surface area contributed by atoms with Crippen molar-refractivity contribution in [3.63, 3.8) is 0 Å². The molecule has 0 unspecified atom stereocenters. The van der Waals surface area contributed by atoms with Crippen molar-refractivity contribution in [1.29, 1.82) is 0 Å². The Kier molecular flexibility index (Phi) is 6.88. The molecule has 2 aromatic carbocycles. The van der Waals surface area contributed by atoms with E-state index < -0.39 is 10.0 Å². The molecule has 2 aliphatic rings. The predicted octanol–water partition coefficient (Wildman–Crippen LogP) is 2.71. The lowest BCUT2D eigenvalue weighted by molar-refractivity contribution is 0.147. The number of hydrogen-bond acceptors (Lipinski definition) is 8. The lowest BCUT2D eigenvalue weighted by Gasteiger charge is -2.48. The van der Waals surface area contributed by atoms with Crippen LogP contribution < -0.4 is 19.8 Å². The van der Waals surface area contributed by atoms with Crippen molar-refractivity contribution in [3.05, 3.63) is 72.6 Å². The van der Waals surface area contributed by atoms with Gasteiger partial charge in [0.05, 0.1) is 18.5 Å². The number of para-hydroxylation sites is 1. The standard InChI is InChI=1S/C28H34N8O2S/c1-33(39(2,37)38)26-6-4-3-5-22(26)18-35-14-11-21-17-30-28(32-27(21)35)31-23-7-9-24(10-8-23)36-19-25(20-36)34-15-12-29-13-16-34/h3-11,14,17,25,29H,12-13,15-16,18-20H2,1-2H3,(H,30,31,32). The zero-order chi connectivity index (χ0) is 27.0. The topological polar surface area (TPSA) is 98.6 Å². The smallest absolute Gasteiger partial charge is 0.232 e. The van der Waals surface area contributed by atoms with Crippen LogP contribution in [0.3, 0.4) is 0 Å². The highest BCUT2D eigenvalue weighted by atomic mass is 32.2. The summed E-state index contributed by atoms with van der Waals surface area (Å²) in [7, 11) is -1.80. The largest absolute Gasteiger partial charge is 0.368 e. The van der Waals surface area contributed by atoms with Gasteiger partial charge in [0.25, 0.3) is 0 Å². The summed E-state index contributed by atoms with van der Waals surface area (Å²) in [6.07, 6.45) is 4.97. The Morgan fingerprint density at radius 1 is 1.05 bits per heavy atom. The molecule has 2 aromatic heterocycles. The SMILES string of the molecule is CN(c1ccccc1Cn1ccc2cnc(Nc3ccc(N4CC(N5CCNCC5)C4)cc3)nc21)S(C)(=O)=O. The summed E-state index contributed by atoms with van der Waals surface area (Å²) in [5.74, 6) is 0.513. The summed E-state index contributed by atoms with van der Waals surface area (Å²) in [6.45, 7) is 7.08. The molecule has 2 fully saturated rings. The molecule has 0 atom stereocenters. The Labute approximate surface area is 229 Å². The summed E-state index contributed by atoms with van der Waals surface area (Å²) < 4.78 is 27.6. The van der Waals surface area contributed by atoms with Crippen LogP contribution >= 0.6 is 0 Å². The number of anilines is 4. The number of nitrogens with zero attached hydrogens (tertiary/aromatic N) is 6. The van der Waals surface area contributed by atoms with Gasteiger partial charge in [-0.2, -0.15) is 4.98 Å². The van der Waals surface area contributed by atoms with Crippen LogP contribution in [-0.2, 0) is 16.6 Å². The van der Waals surface area contributed by atoms with Crippen LogP contribution in [0.2, 0.25) is 0 Å². The van der Waals surface area contributed by atoms with Gasteiger partial charge in [0, 0.05) is 81.5 Å². The van der Waals surface area contributed by atoms with Crippen molar-refractivity contribution in [2.24, 2.45) is 0 Å². The van der Waals surface area contributed by atoms with Gasteiger partial charge in [-0.3, -0.25) is 9.21 Å². The van der Waals surface area contributed by atoms with Crippen LogP contribution in [0.4, 0.5) is 23.0 Å². The molecule has 10 nitrogen and oxygen atoms in total. The number of benzene rings is 2. The average molecular weight is 547 g/mol. The van der Waals surface area contributed by atoms with Crippen LogP contribution in [0.15, 0.2) is 67.0 Å². The van der Waals surface area contributed by atoms with E-state index in [1.54, 1.807) is 13.2 Å². The van der Waals surface area contributed by atoms with E-state index in [2.05, 4.69) is 49.7 Å². The van der Waals surface area contributed by atoms with Crippen molar-refractivity contribution < 1.29 is 8.42 Å². The molecule has 4 heterocycles. The van der Waals surface area contributed by atoms with Gasteiger partial charge in [-0.05, 0) is 42.0 Å². The molecule has 0 amide bonds. The zero-order valence-corrected chi connectivity index (χ0v) is 23.1. The third-order valence-corrected chi connectivity index (χ3v) is 8.88. The molecule has 39 heavy (non-hydrogen) atoms. The summed E-state index contributed by atoms with van der Waals surface area (Å²) in [5, 5.41) is 7.67. The Bertz CT molecular complexity index is 1560. The number of fused-ring (bicyclic) bond motifs is 1. The number of hydrogen-bond donors (Lipinski definition) is 2. The first-order chi connectivity index (χ1) is 18.8. The van der Waals surface area contributed by atoms with Gasteiger partial charge in [0.1, 0.15) is 5.65 Å². The monoisotopic (exact) mass is 546 g/mol. The maximum absolute atomic E-state index is 12.2. The highest BCUT2D eigenvalue weighted by molar-refractivity contribution is 7.92. The molecule has 204 valence electrons. The van der Waals surface area contributed by atoms with Gasteiger partial charge >= 0.3 is 0 Å². The minimum atomic E-state index is -3.37. The Morgan fingerprint density at radius 2 is 1.79 bits per heavy atom. The Hall–Kier alpha value is -3.67. The Morgan fingerprint density at radius 3 is 2.54 bits per heavy atom. The quantitative estimate of drug-likeness (QED) is 0.348. The molecule has 0 saturated carbocycles. The molecule has 11 heteroatoms. The second-order valence-corrected chi connectivity index (χ2v) is 12.3. The first-order valence-corrected chi connectivity index (χ1v) is 15.1. The normalized spacial score (nSPS) is 16.8. The van der Waals surface area contributed by atoms with E-state index >= 15 is 0 Å².